The minimum Gasteiger partial charge on any atom is -0.213 e. The lowest BCUT2D eigenvalue weighted by molar-refractivity contribution is 0.311. The molecule has 0 heterocycles. The van der Waals surface area contributed by atoms with Gasteiger partial charge in [0.2, 0.25) is 10.0 Å². The van der Waals surface area contributed by atoms with Crippen molar-refractivity contribution < 1.29 is 8.42 Å². The Morgan fingerprint density at radius 2 is 1.83 bits per heavy atom. The summed E-state index contributed by atoms with van der Waals surface area (Å²) in [5.74, 6) is 0.494. The van der Waals surface area contributed by atoms with Gasteiger partial charge < -0.3 is 0 Å². The van der Waals surface area contributed by atoms with E-state index in [0.717, 1.165) is 19.3 Å². The maximum atomic E-state index is 10.9. The van der Waals surface area contributed by atoms with Crippen molar-refractivity contribution in [3.05, 3.63) is 0 Å². The highest BCUT2D eigenvalue weighted by Gasteiger charge is 2.23. The van der Waals surface area contributed by atoms with Gasteiger partial charge in [-0.15, -0.1) is 0 Å². The molecule has 0 aromatic rings. The van der Waals surface area contributed by atoms with Crippen molar-refractivity contribution in [1.29, 1.82) is 0 Å². The first kappa shape index (κ1) is 9.99. The molecule has 1 fully saturated rings. The van der Waals surface area contributed by atoms with E-state index in [9.17, 15) is 8.42 Å². The van der Waals surface area contributed by atoms with Crippen LogP contribution in [-0.4, -0.2) is 20.7 Å². The van der Waals surface area contributed by atoms with Gasteiger partial charge in [-0.25, -0.2) is 13.1 Å². The summed E-state index contributed by atoms with van der Waals surface area (Å²) in [6.45, 7) is 2.11. The van der Waals surface area contributed by atoms with E-state index >= 15 is 0 Å². The third-order valence-electron chi connectivity index (χ3n) is 2.48. The van der Waals surface area contributed by atoms with Crippen LogP contribution in [0.5, 0.6) is 0 Å². The maximum Gasteiger partial charge on any atom is 0.208 e. The molecule has 3 nitrogen and oxygen atoms in total. The number of rotatable bonds is 2. The Morgan fingerprint density at radius 1 is 1.25 bits per heavy atom. The molecular weight excluding hydrogens is 174 g/mol. The molecule has 2 atom stereocenters. The summed E-state index contributed by atoms with van der Waals surface area (Å²) in [6, 6.07) is 0.175. The van der Waals surface area contributed by atoms with Crippen LogP contribution in [0.3, 0.4) is 0 Å². The predicted octanol–water partition coefficient (Wildman–Crippen LogP) is 1.11. The smallest absolute Gasteiger partial charge is 0.208 e. The maximum absolute atomic E-state index is 10.9. The molecule has 0 aromatic heterocycles. The van der Waals surface area contributed by atoms with Crippen LogP contribution >= 0.6 is 0 Å². The van der Waals surface area contributed by atoms with Crippen molar-refractivity contribution in [3.8, 4) is 0 Å². The number of sulfonamides is 1. The highest BCUT2D eigenvalue weighted by molar-refractivity contribution is 7.88. The number of hydrogen-bond acceptors (Lipinski definition) is 2. The third kappa shape index (κ3) is 3.11. The van der Waals surface area contributed by atoms with Crippen LogP contribution in [-0.2, 0) is 10.0 Å². The number of nitrogens with one attached hydrogen (secondary N) is 1. The molecule has 0 amide bonds. The average molecular weight is 191 g/mol. The van der Waals surface area contributed by atoms with Crippen LogP contribution in [0.2, 0.25) is 0 Å². The second-order valence-electron chi connectivity index (χ2n) is 3.76. The molecule has 0 aromatic carbocycles. The highest BCUT2D eigenvalue weighted by atomic mass is 32.2. The zero-order chi connectivity index (χ0) is 9.19. The van der Waals surface area contributed by atoms with Gasteiger partial charge in [0.15, 0.2) is 0 Å². The fraction of sp³-hybridized carbons (Fsp3) is 1.00. The topological polar surface area (TPSA) is 46.2 Å². The molecule has 0 aliphatic heterocycles. The average Bonchev–Trinajstić information content (AvgIpc) is 1.91. The summed E-state index contributed by atoms with van der Waals surface area (Å²) in [5.41, 5.74) is 0. The largest absolute Gasteiger partial charge is 0.213 e. The van der Waals surface area contributed by atoms with Crippen LogP contribution in [0.4, 0.5) is 0 Å². The first-order valence-corrected chi connectivity index (χ1v) is 6.35. The zero-order valence-corrected chi connectivity index (χ0v) is 8.52. The molecule has 0 saturated heterocycles. The minimum absolute atomic E-state index is 0.175. The Kier molecular flexibility index (Phi) is 3.12. The molecule has 1 aliphatic rings. The quantitative estimate of drug-likeness (QED) is 0.711. The van der Waals surface area contributed by atoms with E-state index in [4.69, 9.17) is 0 Å². The molecule has 1 unspecified atom stereocenters. The molecule has 1 aliphatic carbocycles. The van der Waals surface area contributed by atoms with E-state index in [1.54, 1.807) is 0 Å². The molecule has 0 bridgehead atoms. The zero-order valence-electron chi connectivity index (χ0n) is 7.71. The van der Waals surface area contributed by atoms with E-state index < -0.39 is 10.0 Å². The Morgan fingerprint density at radius 3 is 2.33 bits per heavy atom. The summed E-state index contributed by atoms with van der Waals surface area (Å²) < 4.78 is 24.5. The monoisotopic (exact) mass is 191 g/mol. The summed E-state index contributed by atoms with van der Waals surface area (Å²) in [4.78, 5) is 0. The Labute approximate surface area is 74.6 Å². The predicted molar refractivity (Wildman–Crippen MR) is 49.4 cm³/mol. The van der Waals surface area contributed by atoms with Gasteiger partial charge in [-0.05, 0) is 18.8 Å². The van der Waals surface area contributed by atoms with Crippen LogP contribution < -0.4 is 4.72 Å². The van der Waals surface area contributed by atoms with E-state index in [2.05, 4.69) is 11.6 Å². The molecule has 1 saturated carbocycles. The fourth-order valence-electron chi connectivity index (χ4n) is 1.77. The van der Waals surface area contributed by atoms with Gasteiger partial charge in [0, 0.05) is 6.04 Å². The van der Waals surface area contributed by atoms with Crippen molar-refractivity contribution in [3.63, 3.8) is 0 Å². The highest BCUT2D eigenvalue weighted by Crippen LogP contribution is 2.23. The minimum atomic E-state index is -3.01. The van der Waals surface area contributed by atoms with E-state index in [0.29, 0.717) is 5.92 Å². The van der Waals surface area contributed by atoms with Gasteiger partial charge in [-0.1, -0.05) is 19.8 Å². The molecule has 4 heteroatoms. The third-order valence-corrected chi connectivity index (χ3v) is 3.21. The molecule has 72 valence electrons. The second kappa shape index (κ2) is 3.75. The standard InChI is InChI=1S/C8H17NO2S/c1-7-5-3-4-6-8(7)9-12(2,10)11/h7-9H,3-6H2,1-2H3/t7-,8?/m1/s1. The lowest BCUT2D eigenvalue weighted by Gasteiger charge is -2.28. The van der Waals surface area contributed by atoms with Gasteiger partial charge >= 0.3 is 0 Å². The van der Waals surface area contributed by atoms with Crippen molar-refractivity contribution in [2.75, 3.05) is 6.26 Å². The molecular formula is C8H17NO2S. The van der Waals surface area contributed by atoms with Crippen LogP contribution in [0.25, 0.3) is 0 Å². The molecule has 1 N–H and O–H groups in total. The summed E-state index contributed by atoms with van der Waals surface area (Å²) >= 11 is 0. The van der Waals surface area contributed by atoms with Gasteiger partial charge in [0.1, 0.15) is 0 Å². The Balaban J connectivity index is 2.50. The molecule has 12 heavy (non-hydrogen) atoms. The van der Waals surface area contributed by atoms with Gasteiger partial charge in [-0.2, -0.15) is 0 Å². The van der Waals surface area contributed by atoms with Crippen molar-refractivity contribution in [2.24, 2.45) is 5.92 Å². The second-order valence-corrected chi connectivity index (χ2v) is 5.54. The fourth-order valence-corrected chi connectivity index (χ4v) is 2.67. The summed E-state index contributed by atoms with van der Waals surface area (Å²) in [7, 11) is -3.01. The summed E-state index contributed by atoms with van der Waals surface area (Å²) in [5, 5.41) is 0. The normalized spacial score (nSPS) is 31.8. The van der Waals surface area contributed by atoms with Crippen molar-refractivity contribution in [2.45, 2.75) is 38.6 Å². The first-order chi connectivity index (χ1) is 5.49. The van der Waals surface area contributed by atoms with Crippen LogP contribution in [0.15, 0.2) is 0 Å². The lowest BCUT2D eigenvalue weighted by atomic mass is 9.87. The Bertz CT molecular complexity index is 235. The first-order valence-electron chi connectivity index (χ1n) is 4.46. The van der Waals surface area contributed by atoms with Crippen LogP contribution in [0.1, 0.15) is 32.6 Å². The van der Waals surface area contributed by atoms with Crippen LogP contribution in [0, 0.1) is 5.92 Å². The van der Waals surface area contributed by atoms with E-state index in [-0.39, 0.29) is 6.04 Å². The summed E-state index contributed by atoms with van der Waals surface area (Å²) in [6.07, 6.45) is 5.76. The van der Waals surface area contributed by atoms with Crippen molar-refractivity contribution in [1.82, 2.24) is 4.72 Å². The van der Waals surface area contributed by atoms with E-state index in [1.807, 2.05) is 0 Å². The lowest BCUT2D eigenvalue weighted by Crippen LogP contribution is -2.40. The number of hydrogen-bond donors (Lipinski definition) is 1. The molecule has 0 radical (unpaired) electrons. The van der Waals surface area contributed by atoms with Gasteiger partial charge in [-0.3, -0.25) is 0 Å². The van der Waals surface area contributed by atoms with Gasteiger partial charge in [0.05, 0.1) is 6.26 Å². The SMILES string of the molecule is C[C@@H]1CCCCC1NS(C)(=O)=O. The van der Waals surface area contributed by atoms with Crippen molar-refractivity contribution >= 4 is 10.0 Å². The van der Waals surface area contributed by atoms with Gasteiger partial charge in [0.25, 0.3) is 0 Å². The van der Waals surface area contributed by atoms with E-state index in [1.165, 1.54) is 12.7 Å². The molecule has 0 spiro atoms. The molecule has 1 rings (SSSR count). The Hall–Kier alpha value is -0.0900.